The lowest BCUT2D eigenvalue weighted by molar-refractivity contribution is 0.185. The fourth-order valence-electron chi connectivity index (χ4n) is 3.66. The Bertz CT molecular complexity index is 1180. The summed E-state index contributed by atoms with van der Waals surface area (Å²) in [4.78, 5) is 0. The Kier molecular flexibility index (Phi) is 5.58. The summed E-state index contributed by atoms with van der Waals surface area (Å²) in [5.41, 5.74) is 4.34. The van der Waals surface area contributed by atoms with E-state index in [-0.39, 0.29) is 16.7 Å². The number of nitrogens with zero attached hydrogens (tertiary/aromatic N) is 3. The minimum absolute atomic E-state index is 0.0143. The predicted octanol–water partition coefficient (Wildman–Crippen LogP) is 6.89. The fraction of sp³-hybridized carbons (Fsp3) is 0.375. The maximum atomic E-state index is 13.7. The van der Waals surface area contributed by atoms with Crippen LogP contribution in [0.5, 0.6) is 0 Å². The third-order valence-electron chi connectivity index (χ3n) is 6.45. The molecule has 1 aromatic heterocycles. The maximum absolute atomic E-state index is 13.7. The molecule has 2 aromatic carbocycles. The zero-order chi connectivity index (χ0) is 22.4. The van der Waals surface area contributed by atoms with Crippen LogP contribution in [0.2, 0.25) is 18.1 Å². The van der Waals surface area contributed by atoms with Gasteiger partial charge >= 0.3 is 0 Å². The molecule has 0 amide bonds. The van der Waals surface area contributed by atoms with Crippen molar-refractivity contribution in [3.05, 3.63) is 58.9 Å². The molecular formula is C24H26FN3OSSi. The van der Waals surface area contributed by atoms with E-state index in [0.717, 1.165) is 23.4 Å². The largest absolute Gasteiger partial charge is 0.410 e. The van der Waals surface area contributed by atoms with Gasteiger partial charge in [0.1, 0.15) is 21.9 Å². The second-order valence-electron chi connectivity index (χ2n) is 9.50. The van der Waals surface area contributed by atoms with Crippen molar-refractivity contribution < 1.29 is 8.82 Å². The molecular weight excluding hydrogens is 425 g/mol. The molecule has 1 aliphatic rings. The summed E-state index contributed by atoms with van der Waals surface area (Å²) in [6.45, 7) is 11.4. The molecule has 0 bridgehead atoms. The van der Waals surface area contributed by atoms with Gasteiger partial charge in [-0.25, -0.2) is 4.39 Å². The van der Waals surface area contributed by atoms with Crippen molar-refractivity contribution in [3.63, 3.8) is 0 Å². The molecule has 0 saturated carbocycles. The number of nitriles is 1. The Morgan fingerprint density at radius 1 is 1.16 bits per heavy atom. The van der Waals surface area contributed by atoms with Crippen LogP contribution in [-0.4, -0.2) is 18.5 Å². The van der Waals surface area contributed by atoms with Gasteiger partial charge in [0, 0.05) is 11.1 Å². The number of aromatic nitrogens is 2. The van der Waals surface area contributed by atoms with E-state index in [9.17, 15) is 4.39 Å². The first-order valence-corrected chi connectivity index (χ1v) is 14.2. The number of halogens is 1. The van der Waals surface area contributed by atoms with Crippen molar-refractivity contribution in [1.29, 1.82) is 5.26 Å². The monoisotopic (exact) mass is 451 g/mol. The lowest BCUT2D eigenvalue weighted by Crippen LogP contribution is -2.41. The van der Waals surface area contributed by atoms with Gasteiger partial charge in [0.05, 0.1) is 11.7 Å². The van der Waals surface area contributed by atoms with Crippen molar-refractivity contribution in [1.82, 2.24) is 10.2 Å². The molecule has 0 spiro atoms. The van der Waals surface area contributed by atoms with Crippen LogP contribution in [0.4, 0.5) is 4.39 Å². The fourth-order valence-corrected chi connectivity index (χ4v) is 5.87. The molecule has 0 fully saturated rings. The smallest absolute Gasteiger partial charge is 0.192 e. The lowest BCUT2D eigenvalue weighted by atomic mass is 10.0. The van der Waals surface area contributed by atoms with E-state index in [1.807, 2.05) is 6.07 Å². The Labute approximate surface area is 187 Å². The predicted molar refractivity (Wildman–Crippen MR) is 125 cm³/mol. The molecule has 3 aromatic rings. The highest BCUT2D eigenvalue weighted by atomic mass is 32.1. The molecule has 0 N–H and O–H groups in total. The van der Waals surface area contributed by atoms with Crippen LogP contribution >= 0.6 is 11.3 Å². The van der Waals surface area contributed by atoms with Crippen LogP contribution < -0.4 is 0 Å². The Morgan fingerprint density at radius 2 is 1.90 bits per heavy atom. The first kappa shape index (κ1) is 21.8. The summed E-state index contributed by atoms with van der Waals surface area (Å²) in [6.07, 6.45) is 2.06. The summed E-state index contributed by atoms with van der Waals surface area (Å²) >= 11 is 1.46. The molecule has 4 rings (SSSR count). The van der Waals surface area contributed by atoms with E-state index in [1.54, 1.807) is 6.07 Å². The van der Waals surface area contributed by atoms with Gasteiger partial charge in [0.2, 0.25) is 0 Å². The number of fused-ring (bicyclic) bond motifs is 1. The van der Waals surface area contributed by atoms with Crippen molar-refractivity contribution in [2.24, 2.45) is 0 Å². The van der Waals surface area contributed by atoms with Crippen LogP contribution in [0.25, 0.3) is 21.1 Å². The average molecular weight is 452 g/mol. The van der Waals surface area contributed by atoms with Gasteiger partial charge in [-0.15, -0.1) is 10.2 Å². The standard InChI is InChI=1S/C24H26FN3OSSi/c1-24(2,3)31(4,5)29-21-12-10-17-18(21)7-6-8-19(17)23-28-27-22(30-23)15-9-11-20(25)16(13-15)14-26/h6-9,11,13,21H,10,12H2,1-5H3/t21-/m1/s1. The minimum Gasteiger partial charge on any atom is -0.410 e. The van der Waals surface area contributed by atoms with E-state index in [0.29, 0.717) is 10.6 Å². The highest BCUT2D eigenvalue weighted by molar-refractivity contribution is 7.17. The SMILES string of the molecule is CC(C)(C)[Si](C)(C)O[C@@H]1CCc2c(-c3nnc(-c4ccc(F)c(C#N)c4)s3)cccc21. The van der Waals surface area contributed by atoms with E-state index in [2.05, 4.69) is 62.3 Å². The lowest BCUT2D eigenvalue weighted by Gasteiger charge is -2.38. The van der Waals surface area contributed by atoms with Crippen molar-refractivity contribution >= 4 is 19.7 Å². The van der Waals surface area contributed by atoms with E-state index in [1.165, 1.54) is 34.6 Å². The van der Waals surface area contributed by atoms with Crippen LogP contribution in [0.3, 0.4) is 0 Å². The van der Waals surface area contributed by atoms with Gasteiger partial charge in [0.25, 0.3) is 0 Å². The molecule has 0 aliphatic heterocycles. The molecule has 0 saturated heterocycles. The van der Waals surface area contributed by atoms with Gasteiger partial charge in [0.15, 0.2) is 8.32 Å². The molecule has 4 nitrogen and oxygen atoms in total. The third-order valence-corrected chi connectivity index (χ3v) is 11.9. The van der Waals surface area contributed by atoms with Crippen molar-refractivity contribution in [2.45, 2.75) is 57.8 Å². The van der Waals surface area contributed by atoms with E-state index >= 15 is 0 Å². The van der Waals surface area contributed by atoms with E-state index in [4.69, 9.17) is 9.69 Å². The molecule has 7 heteroatoms. The first-order chi connectivity index (χ1) is 14.6. The van der Waals surface area contributed by atoms with Gasteiger partial charge in [-0.2, -0.15) is 5.26 Å². The van der Waals surface area contributed by atoms with Gasteiger partial charge in [-0.1, -0.05) is 50.3 Å². The highest BCUT2D eigenvalue weighted by Crippen LogP contribution is 2.46. The minimum atomic E-state index is -1.87. The molecule has 1 atom stereocenters. The van der Waals surface area contributed by atoms with Gasteiger partial charge < -0.3 is 4.43 Å². The summed E-state index contributed by atoms with van der Waals surface area (Å²) in [6, 6.07) is 12.7. The maximum Gasteiger partial charge on any atom is 0.192 e. The number of hydrogen-bond acceptors (Lipinski definition) is 5. The van der Waals surface area contributed by atoms with Crippen LogP contribution in [0, 0.1) is 17.1 Å². The normalized spacial score (nSPS) is 16.2. The zero-order valence-corrected chi connectivity index (χ0v) is 20.3. The summed E-state index contributed by atoms with van der Waals surface area (Å²) in [5, 5.41) is 19.5. The Hall–Kier alpha value is -2.40. The van der Waals surface area contributed by atoms with E-state index < -0.39 is 14.1 Å². The molecule has 31 heavy (non-hydrogen) atoms. The Morgan fingerprint density at radius 3 is 2.61 bits per heavy atom. The van der Waals surface area contributed by atoms with Crippen LogP contribution in [0.15, 0.2) is 36.4 Å². The number of benzene rings is 2. The highest BCUT2D eigenvalue weighted by Gasteiger charge is 2.41. The van der Waals surface area contributed by atoms with Gasteiger partial charge in [-0.05, 0) is 60.3 Å². The topological polar surface area (TPSA) is 58.8 Å². The van der Waals surface area contributed by atoms with Gasteiger partial charge in [-0.3, -0.25) is 0 Å². The molecule has 0 radical (unpaired) electrons. The first-order valence-electron chi connectivity index (χ1n) is 10.4. The Balaban J connectivity index is 1.65. The third kappa shape index (κ3) is 4.08. The number of hydrogen-bond donors (Lipinski definition) is 0. The van der Waals surface area contributed by atoms with Crippen LogP contribution in [-0.2, 0) is 10.8 Å². The molecule has 1 aliphatic carbocycles. The molecule has 160 valence electrons. The second-order valence-corrected chi connectivity index (χ2v) is 15.2. The van der Waals surface area contributed by atoms with Crippen LogP contribution in [0.1, 0.15) is 50.0 Å². The molecule has 1 heterocycles. The summed E-state index contributed by atoms with van der Waals surface area (Å²) in [7, 11) is -1.87. The second kappa shape index (κ2) is 7.94. The van der Waals surface area contributed by atoms with Crippen molar-refractivity contribution in [3.8, 4) is 27.2 Å². The summed E-state index contributed by atoms with van der Waals surface area (Å²) < 4.78 is 20.4. The quantitative estimate of drug-likeness (QED) is 0.405. The average Bonchev–Trinajstić information content (AvgIpc) is 3.35. The summed E-state index contributed by atoms with van der Waals surface area (Å²) in [5.74, 6) is -0.523. The molecule has 0 unspecified atom stereocenters. The number of rotatable bonds is 4. The van der Waals surface area contributed by atoms with Crippen molar-refractivity contribution in [2.75, 3.05) is 0 Å². The zero-order valence-electron chi connectivity index (χ0n) is 18.5.